The topological polar surface area (TPSA) is 104 Å². The van der Waals surface area contributed by atoms with Crippen LogP contribution in [-0.4, -0.2) is 58.5 Å². The second kappa shape index (κ2) is 6.78. The number of carbonyl (C=O) groups is 1. The van der Waals surface area contributed by atoms with Crippen molar-refractivity contribution >= 4 is 17.5 Å². The number of amides is 1. The highest BCUT2D eigenvalue weighted by molar-refractivity contribution is 6.00. The summed E-state index contributed by atoms with van der Waals surface area (Å²) in [4.78, 5) is 23.0. The molecule has 0 spiro atoms. The van der Waals surface area contributed by atoms with E-state index in [0.29, 0.717) is 41.1 Å². The molecule has 0 bridgehead atoms. The lowest BCUT2D eigenvalue weighted by Gasteiger charge is -2.15. The Hall–Kier alpha value is -3.04. The number of aromatic nitrogens is 1. The van der Waals surface area contributed by atoms with Gasteiger partial charge in [-0.3, -0.25) is 9.88 Å². The van der Waals surface area contributed by atoms with Crippen molar-refractivity contribution in [3.8, 4) is 11.1 Å². The summed E-state index contributed by atoms with van der Waals surface area (Å²) in [7, 11) is 0. The summed E-state index contributed by atoms with van der Waals surface area (Å²) in [5, 5.41) is 22.5. The van der Waals surface area contributed by atoms with Crippen LogP contribution in [0, 0.1) is 5.82 Å². The predicted molar refractivity (Wildman–Crippen MR) is 100 cm³/mol. The minimum absolute atomic E-state index is 0.117. The van der Waals surface area contributed by atoms with Crippen LogP contribution in [0.15, 0.2) is 35.6 Å². The zero-order valence-corrected chi connectivity index (χ0v) is 15.3. The van der Waals surface area contributed by atoms with E-state index in [-0.39, 0.29) is 25.4 Å². The normalized spacial score (nSPS) is 24.8. The third kappa shape index (κ3) is 2.85. The van der Waals surface area contributed by atoms with Crippen molar-refractivity contribution < 1.29 is 29.0 Å². The zero-order chi connectivity index (χ0) is 20.1. The van der Waals surface area contributed by atoms with E-state index in [1.54, 1.807) is 24.4 Å². The summed E-state index contributed by atoms with van der Waals surface area (Å²) >= 11 is 0. The number of oxime groups is 1. The van der Waals surface area contributed by atoms with Gasteiger partial charge in [0.2, 0.25) is 0 Å². The number of cyclic esters (lactones) is 1. The standard InChI is InChI=1S/C20H18FN3O5/c21-14-6-17-11(4-18-19(9-26)28-20(27)24(17)18)3-13(14)10-1-2-15(22-7-10)16-5-12(8-25)29-23-16/h1-3,6-7,12,18-19,25-26H,4-5,8-9H2/t12-,18-,19-/m0/s1. The van der Waals surface area contributed by atoms with Gasteiger partial charge >= 0.3 is 6.09 Å². The number of nitrogens with zero attached hydrogens (tertiary/aromatic N) is 3. The van der Waals surface area contributed by atoms with E-state index >= 15 is 0 Å². The molecule has 3 aliphatic heterocycles. The van der Waals surface area contributed by atoms with Gasteiger partial charge in [-0.25, -0.2) is 9.18 Å². The zero-order valence-electron chi connectivity index (χ0n) is 15.3. The van der Waals surface area contributed by atoms with Gasteiger partial charge in [0.05, 0.1) is 30.6 Å². The van der Waals surface area contributed by atoms with Gasteiger partial charge in [0.1, 0.15) is 17.6 Å². The summed E-state index contributed by atoms with van der Waals surface area (Å²) in [6.07, 6.45) is 0.989. The Morgan fingerprint density at radius 2 is 2.07 bits per heavy atom. The average Bonchev–Trinajstić information content (AvgIpc) is 3.43. The lowest BCUT2D eigenvalue weighted by atomic mass is 10.00. The molecule has 1 aromatic carbocycles. The van der Waals surface area contributed by atoms with Gasteiger partial charge < -0.3 is 19.8 Å². The van der Waals surface area contributed by atoms with Crippen molar-refractivity contribution in [2.45, 2.75) is 31.1 Å². The Kier molecular flexibility index (Phi) is 4.21. The van der Waals surface area contributed by atoms with E-state index < -0.39 is 18.0 Å². The number of rotatable bonds is 4. The van der Waals surface area contributed by atoms with E-state index in [0.717, 1.165) is 5.56 Å². The van der Waals surface area contributed by atoms with Crippen molar-refractivity contribution in [3.63, 3.8) is 0 Å². The quantitative estimate of drug-likeness (QED) is 0.810. The maximum absolute atomic E-state index is 14.9. The highest BCUT2D eigenvalue weighted by Gasteiger charge is 2.47. The molecule has 1 aromatic heterocycles. The number of ether oxygens (including phenoxy) is 1. The van der Waals surface area contributed by atoms with Gasteiger partial charge in [0, 0.05) is 23.7 Å². The first kappa shape index (κ1) is 18.0. The lowest BCUT2D eigenvalue weighted by Crippen LogP contribution is -2.34. The largest absolute Gasteiger partial charge is 0.441 e. The van der Waals surface area contributed by atoms with Crippen LogP contribution in [0.5, 0.6) is 0 Å². The van der Waals surface area contributed by atoms with Crippen LogP contribution >= 0.6 is 0 Å². The van der Waals surface area contributed by atoms with Gasteiger partial charge in [-0.15, -0.1) is 0 Å². The number of fused-ring (bicyclic) bond motifs is 3. The molecule has 1 amide bonds. The summed E-state index contributed by atoms with van der Waals surface area (Å²) in [5.74, 6) is -0.471. The molecule has 0 radical (unpaired) electrons. The van der Waals surface area contributed by atoms with Crippen molar-refractivity contribution in [1.82, 2.24) is 4.98 Å². The molecule has 9 heteroatoms. The van der Waals surface area contributed by atoms with Gasteiger partial charge in [-0.1, -0.05) is 11.2 Å². The lowest BCUT2D eigenvalue weighted by molar-refractivity contribution is 0.0390. The molecule has 2 aromatic rings. The number of hydrogen-bond acceptors (Lipinski definition) is 7. The van der Waals surface area contributed by atoms with Crippen LogP contribution in [0.25, 0.3) is 11.1 Å². The number of carbonyl (C=O) groups excluding carboxylic acids is 1. The smallest absolute Gasteiger partial charge is 0.415 e. The van der Waals surface area contributed by atoms with E-state index in [4.69, 9.17) is 14.7 Å². The molecule has 2 N–H and O–H groups in total. The number of aliphatic hydroxyl groups excluding tert-OH is 2. The van der Waals surface area contributed by atoms with E-state index in [1.165, 1.54) is 11.0 Å². The number of aliphatic hydroxyl groups is 2. The summed E-state index contributed by atoms with van der Waals surface area (Å²) in [6, 6.07) is 6.22. The minimum atomic E-state index is -0.612. The summed E-state index contributed by atoms with van der Waals surface area (Å²) in [6.45, 7) is -0.388. The fourth-order valence-corrected chi connectivity index (χ4v) is 4.07. The Morgan fingerprint density at radius 1 is 1.21 bits per heavy atom. The Labute approximate surface area is 165 Å². The van der Waals surface area contributed by atoms with Gasteiger partial charge in [0.25, 0.3) is 0 Å². The van der Waals surface area contributed by atoms with Crippen LogP contribution < -0.4 is 4.90 Å². The maximum atomic E-state index is 14.9. The molecule has 3 atom stereocenters. The summed E-state index contributed by atoms with van der Waals surface area (Å²) in [5.41, 5.74) is 3.54. The van der Waals surface area contributed by atoms with Crippen molar-refractivity contribution in [2.75, 3.05) is 18.1 Å². The van der Waals surface area contributed by atoms with Crippen LogP contribution in [0.4, 0.5) is 14.9 Å². The number of hydrogen-bond donors (Lipinski definition) is 2. The first-order chi connectivity index (χ1) is 14.1. The fraction of sp³-hybridized carbons (Fsp3) is 0.350. The molecule has 5 rings (SSSR count). The fourth-order valence-electron chi connectivity index (χ4n) is 4.07. The monoisotopic (exact) mass is 399 g/mol. The van der Waals surface area contributed by atoms with Crippen LogP contribution in [0.2, 0.25) is 0 Å². The second-order valence-corrected chi connectivity index (χ2v) is 7.29. The Balaban J connectivity index is 1.44. The van der Waals surface area contributed by atoms with Gasteiger partial charge in [-0.2, -0.15) is 0 Å². The molecule has 1 fully saturated rings. The van der Waals surface area contributed by atoms with Crippen molar-refractivity contribution in [2.24, 2.45) is 5.16 Å². The highest BCUT2D eigenvalue weighted by atomic mass is 19.1. The first-order valence-electron chi connectivity index (χ1n) is 9.32. The molecule has 1 saturated heterocycles. The number of anilines is 1. The van der Waals surface area contributed by atoms with Crippen LogP contribution in [-0.2, 0) is 16.0 Å². The van der Waals surface area contributed by atoms with Gasteiger partial charge in [0.15, 0.2) is 6.10 Å². The number of benzene rings is 1. The summed E-state index contributed by atoms with van der Waals surface area (Å²) < 4.78 is 20.0. The van der Waals surface area contributed by atoms with E-state index in [9.17, 15) is 14.3 Å². The molecular weight excluding hydrogens is 381 g/mol. The van der Waals surface area contributed by atoms with Crippen LogP contribution in [0.3, 0.4) is 0 Å². The molecule has 0 aliphatic carbocycles. The first-order valence-corrected chi connectivity index (χ1v) is 9.32. The maximum Gasteiger partial charge on any atom is 0.415 e. The van der Waals surface area contributed by atoms with E-state index in [1.807, 2.05) is 0 Å². The van der Waals surface area contributed by atoms with Gasteiger partial charge in [-0.05, 0) is 30.2 Å². The van der Waals surface area contributed by atoms with Crippen molar-refractivity contribution in [3.05, 3.63) is 47.5 Å². The molecule has 4 heterocycles. The third-order valence-electron chi connectivity index (χ3n) is 5.55. The highest BCUT2D eigenvalue weighted by Crippen LogP contribution is 2.41. The number of halogens is 1. The minimum Gasteiger partial charge on any atom is -0.441 e. The third-order valence-corrected chi connectivity index (χ3v) is 5.55. The second-order valence-electron chi connectivity index (χ2n) is 7.29. The predicted octanol–water partition coefficient (Wildman–Crippen LogP) is 1.62. The van der Waals surface area contributed by atoms with E-state index in [2.05, 4.69) is 10.1 Å². The molecular formula is C20H18FN3O5. The Bertz CT molecular complexity index is 1010. The molecule has 29 heavy (non-hydrogen) atoms. The molecule has 0 unspecified atom stereocenters. The number of pyridine rings is 1. The SMILES string of the molecule is O=C1O[C@@H](CO)[C@@H]2Cc3cc(-c4ccc(C5=NO[C@H](CO)C5)nc4)c(F)cc3N12. The molecule has 150 valence electrons. The molecule has 3 aliphatic rings. The Morgan fingerprint density at radius 3 is 2.76 bits per heavy atom. The average molecular weight is 399 g/mol. The molecule has 0 saturated carbocycles. The molecule has 8 nitrogen and oxygen atoms in total. The van der Waals surface area contributed by atoms with Crippen LogP contribution in [0.1, 0.15) is 17.7 Å². The van der Waals surface area contributed by atoms with Crippen molar-refractivity contribution in [1.29, 1.82) is 0 Å².